The molecule has 0 heterocycles. The second-order valence-electron chi connectivity index (χ2n) is 23.2. The summed E-state index contributed by atoms with van der Waals surface area (Å²) < 4.78 is 5.47. The minimum atomic E-state index is -0.664. The van der Waals surface area contributed by atoms with Gasteiger partial charge in [-0.25, -0.2) is 0 Å². The number of aliphatic hydroxyl groups is 2. The fraction of sp³-hybridized carbons (Fsp3) is 0.940. The number of amides is 1. The van der Waals surface area contributed by atoms with Gasteiger partial charge < -0.3 is 20.3 Å². The van der Waals surface area contributed by atoms with Crippen LogP contribution in [0.2, 0.25) is 0 Å². The Morgan fingerprint density at radius 2 is 0.644 bits per heavy atom. The maximum absolute atomic E-state index is 12.5. The number of hydrogen-bond acceptors (Lipinski definition) is 5. The molecule has 6 heteroatoms. The first-order valence-electron chi connectivity index (χ1n) is 33.4. The van der Waals surface area contributed by atoms with Crippen molar-refractivity contribution in [2.24, 2.45) is 0 Å². The fourth-order valence-electron chi connectivity index (χ4n) is 10.7. The van der Waals surface area contributed by atoms with Crippen molar-refractivity contribution >= 4 is 11.9 Å². The van der Waals surface area contributed by atoms with Crippen LogP contribution in [0.4, 0.5) is 0 Å². The molecule has 0 rings (SSSR count). The second kappa shape index (κ2) is 63.1. The minimum Gasteiger partial charge on any atom is -0.466 e. The van der Waals surface area contributed by atoms with Crippen LogP contribution in [0.5, 0.6) is 0 Å². The van der Waals surface area contributed by atoms with Crippen molar-refractivity contribution in [2.45, 2.75) is 392 Å². The lowest BCUT2D eigenvalue weighted by atomic mass is 10.0. The predicted molar refractivity (Wildman–Crippen MR) is 320 cm³/mol. The van der Waals surface area contributed by atoms with Gasteiger partial charge in [-0.05, 0) is 51.4 Å². The maximum atomic E-state index is 12.5. The number of allylic oxidation sites excluding steroid dienone is 2. The lowest BCUT2D eigenvalue weighted by Crippen LogP contribution is -2.45. The van der Waals surface area contributed by atoms with Gasteiger partial charge in [0.25, 0.3) is 0 Å². The smallest absolute Gasteiger partial charge is 0.305 e. The molecular formula is C67H131NO5. The van der Waals surface area contributed by atoms with E-state index in [1.54, 1.807) is 0 Å². The Hall–Kier alpha value is -1.40. The predicted octanol–water partition coefficient (Wildman–Crippen LogP) is 21.2. The Morgan fingerprint density at radius 1 is 0.370 bits per heavy atom. The van der Waals surface area contributed by atoms with Crippen molar-refractivity contribution in [1.82, 2.24) is 5.32 Å². The van der Waals surface area contributed by atoms with E-state index in [1.165, 1.54) is 302 Å². The fourth-order valence-corrected chi connectivity index (χ4v) is 10.7. The van der Waals surface area contributed by atoms with Crippen molar-refractivity contribution in [3.63, 3.8) is 0 Å². The van der Waals surface area contributed by atoms with Crippen LogP contribution in [0.3, 0.4) is 0 Å². The van der Waals surface area contributed by atoms with Crippen LogP contribution >= 0.6 is 0 Å². The molecule has 6 nitrogen and oxygen atoms in total. The van der Waals surface area contributed by atoms with Gasteiger partial charge in [-0.15, -0.1) is 0 Å². The van der Waals surface area contributed by atoms with Crippen LogP contribution in [0.1, 0.15) is 380 Å². The van der Waals surface area contributed by atoms with E-state index >= 15 is 0 Å². The summed E-state index contributed by atoms with van der Waals surface area (Å²) in [5.41, 5.74) is 0. The summed E-state index contributed by atoms with van der Waals surface area (Å²) in [4.78, 5) is 24.6. The molecule has 1 amide bonds. The van der Waals surface area contributed by atoms with Crippen LogP contribution in [0, 0.1) is 0 Å². The van der Waals surface area contributed by atoms with Crippen LogP contribution in [0.15, 0.2) is 12.2 Å². The zero-order valence-corrected chi connectivity index (χ0v) is 49.6. The van der Waals surface area contributed by atoms with Gasteiger partial charge in [0, 0.05) is 12.8 Å². The lowest BCUT2D eigenvalue weighted by molar-refractivity contribution is -0.143. The van der Waals surface area contributed by atoms with E-state index in [4.69, 9.17) is 4.74 Å². The summed E-state index contributed by atoms with van der Waals surface area (Å²) >= 11 is 0. The number of aliphatic hydroxyl groups excluding tert-OH is 2. The van der Waals surface area contributed by atoms with Gasteiger partial charge in [-0.1, -0.05) is 328 Å². The number of carbonyl (C=O) groups excluding carboxylic acids is 2. The van der Waals surface area contributed by atoms with Gasteiger partial charge >= 0.3 is 5.97 Å². The zero-order valence-electron chi connectivity index (χ0n) is 49.6. The number of rotatable bonds is 63. The highest BCUT2D eigenvalue weighted by Gasteiger charge is 2.20. The van der Waals surface area contributed by atoms with Gasteiger partial charge in [0.05, 0.1) is 25.4 Å². The molecule has 0 aliphatic rings. The highest BCUT2D eigenvalue weighted by atomic mass is 16.5. The molecule has 0 aromatic heterocycles. The van der Waals surface area contributed by atoms with E-state index in [1.807, 2.05) is 0 Å². The molecule has 3 N–H and O–H groups in total. The van der Waals surface area contributed by atoms with Crippen LogP contribution in [0.25, 0.3) is 0 Å². The van der Waals surface area contributed by atoms with Crippen LogP contribution in [-0.4, -0.2) is 47.4 Å². The molecule has 0 aliphatic heterocycles. The molecule has 434 valence electrons. The van der Waals surface area contributed by atoms with Crippen molar-refractivity contribution in [1.29, 1.82) is 0 Å². The summed E-state index contributed by atoms with van der Waals surface area (Å²) in [7, 11) is 0. The van der Waals surface area contributed by atoms with Crippen molar-refractivity contribution < 1.29 is 24.5 Å². The number of hydrogen-bond donors (Lipinski definition) is 3. The Bertz CT molecular complexity index is 1100. The van der Waals surface area contributed by atoms with Gasteiger partial charge in [0.2, 0.25) is 5.91 Å². The first kappa shape index (κ1) is 71.6. The average molecular weight is 1030 g/mol. The Morgan fingerprint density at radius 3 is 1.00 bits per heavy atom. The molecule has 2 atom stereocenters. The van der Waals surface area contributed by atoms with Gasteiger partial charge in [0.15, 0.2) is 0 Å². The maximum Gasteiger partial charge on any atom is 0.305 e. The Kier molecular flexibility index (Phi) is 61.9. The Balaban J connectivity index is 3.37. The molecule has 0 aromatic rings. The van der Waals surface area contributed by atoms with E-state index < -0.39 is 12.1 Å². The monoisotopic (exact) mass is 1030 g/mol. The molecular weight excluding hydrogens is 899 g/mol. The molecule has 0 saturated heterocycles. The number of esters is 1. The third-order valence-corrected chi connectivity index (χ3v) is 15.8. The quantitative estimate of drug-likeness (QED) is 0.0320. The van der Waals surface area contributed by atoms with Crippen molar-refractivity contribution in [3.05, 3.63) is 12.2 Å². The minimum absolute atomic E-state index is 0.00526. The number of nitrogens with one attached hydrogen (secondary N) is 1. The summed E-state index contributed by atoms with van der Waals surface area (Å²) in [5, 5.41) is 23.4. The molecule has 0 fully saturated rings. The van der Waals surface area contributed by atoms with E-state index in [9.17, 15) is 19.8 Å². The molecule has 2 unspecified atom stereocenters. The highest BCUT2D eigenvalue weighted by molar-refractivity contribution is 5.76. The van der Waals surface area contributed by atoms with Crippen LogP contribution in [-0.2, 0) is 14.3 Å². The molecule has 73 heavy (non-hydrogen) atoms. The third kappa shape index (κ3) is 59.7. The molecule has 0 radical (unpaired) electrons. The number of carbonyl (C=O) groups is 2. The van der Waals surface area contributed by atoms with Crippen molar-refractivity contribution in [3.8, 4) is 0 Å². The largest absolute Gasteiger partial charge is 0.466 e. The molecule has 0 saturated carbocycles. The second-order valence-corrected chi connectivity index (χ2v) is 23.2. The lowest BCUT2D eigenvalue weighted by Gasteiger charge is -2.22. The van der Waals surface area contributed by atoms with Crippen LogP contribution < -0.4 is 5.32 Å². The average Bonchev–Trinajstić information content (AvgIpc) is 3.39. The number of unbranched alkanes of at least 4 members (excludes halogenated alkanes) is 50. The first-order valence-corrected chi connectivity index (χ1v) is 33.4. The van der Waals surface area contributed by atoms with E-state index in [-0.39, 0.29) is 18.5 Å². The Labute approximate surface area is 457 Å². The summed E-state index contributed by atoms with van der Waals surface area (Å²) in [5.74, 6) is -0.0247. The standard InChI is InChI=1S/C67H131NO5/c1-3-5-7-9-11-13-15-17-18-19-20-24-27-30-33-36-39-43-47-51-55-59-65(70)64(63-69)68-66(71)60-56-52-48-44-40-37-34-31-28-25-22-21-23-26-29-32-35-38-42-46-50-54-58-62-73-67(72)61-57-53-49-45-41-16-14-12-10-8-6-4-2/h12,14,64-65,69-70H,3-11,13,15-63H2,1-2H3,(H,68,71)/b14-12-. The SMILES string of the molecule is CCCCC/C=C\CCCCCCCC(=O)OCCCCCCCCCCCCCCCCCCCCCCCCCC(=O)NC(CO)C(O)CCCCCCCCCCCCCCCCCCCCCCC. The van der Waals surface area contributed by atoms with Crippen molar-refractivity contribution in [2.75, 3.05) is 13.2 Å². The molecule has 0 aromatic carbocycles. The normalized spacial score (nSPS) is 12.5. The van der Waals surface area contributed by atoms with Gasteiger partial charge in [-0.2, -0.15) is 0 Å². The van der Waals surface area contributed by atoms with Gasteiger partial charge in [0.1, 0.15) is 0 Å². The topological polar surface area (TPSA) is 95.9 Å². The molecule has 0 aliphatic carbocycles. The zero-order chi connectivity index (χ0) is 52.9. The van der Waals surface area contributed by atoms with Gasteiger partial charge in [-0.3, -0.25) is 9.59 Å². The first-order chi connectivity index (χ1) is 36.0. The van der Waals surface area contributed by atoms with E-state index in [0.717, 1.165) is 44.9 Å². The summed E-state index contributed by atoms with van der Waals surface area (Å²) in [6.45, 7) is 4.96. The van der Waals surface area contributed by atoms with E-state index in [2.05, 4.69) is 31.3 Å². The summed E-state index contributed by atoms with van der Waals surface area (Å²) in [6, 6.07) is -0.541. The summed E-state index contributed by atoms with van der Waals surface area (Å²) in [6.07, 6.45) is 76.7. The molecule has 0 spiro atoms. The number of ether oxygens (including phenoxy) is 1. The van der Waals surface area contributed by atoms with E-state index in [0.29, 0.717) is 25.9 Å². The third-order valence-electron chi connectivity index (χ3n) is 15.8. The highest BCUT2D eigenvalue weighted by Crippen LogP contribution is 2.19. The molecule has 0 bridgehead atoms.